The van der Waals surface area contributed by atoms with Crippen molar-refractivity contribution in [1.82, 2.24) is 21.3 Å². The summed E-state index contributed by atoms with van der Waals surface area (Å²) in [6.45, 7) is 7.82. The van der Waals surface area contributed by atoms with E-state index in [1.54, 1.807) is 27.7 Å². The lowest BCUT2D eigenvalue weighted by atomic mass is 9.96. The molecule has 0 heterocycles. The highest BCUT2D eigenvalue weighted by atomic mass is 16.6. The van der Waals surface area contributed by atoms with Gasteiger partial charge in [0.15, 0.2) is 0 Å². The van der Waals surface area contributed by atoms with Gasteiger partial charge in [0.05, 0.1) is 11.3 Å². The van der Waals surface area contributed by atoms with Crippen molar-refractivity contribution in [2.75, 3.05) is 5.32 Å². The van der Waals surface area contributed by atoms with Gasteiger partial charge in [0.2, 0.25) is 29.5 Å². The van der Waals surface area contributed by atoms with Crippen molar-refractivity contribution in [3.8, 4) is 0 Å². The fourth-order valence-electron chi connectivity index (χ4n) is 4.05. The van der Waals surface area contributed by atoms with Crippen molar-refractivity contribution >= 4 is 52.8 Å². The van der Waals surface area contributed by atoms with Crippen LogP contribution in [0.3, 0.4) is 0 Å². The molecule has 0 spiro atoms. The van der Waals surface area contributed by atoms with E-state index >= 15 is 0 Å². The minimum absolute atomic E-state index is 0.0954. The molecule has 0 aliphatic carbocycles. The van der Waals surface area contributed by atoms with Gasteiger partial charge in [-0.1, -0.05) is 34.1 Å². The van der Waals surface area contributed by atoms with Crippen molar-refractivity contribution in [1.29, 1.82) is 0 Å². The van der Waals surface area contributed by atoms with E-state index in [4.69, 9.17) is 0 Å². The van der Waals surface area contributed by atoms with Crippen molar-refractivity contribution in [3.63, 3.8) is 0 Å². The van der Waals surface area contributed by atoms with Crippen molar-refractivity contribution < 1.29 is 48.7 Å². The van der Waals surface area contributed by atoms with E-state index in [9.17, 15) is 53.9 Å². The summed E-state index contributed by atoms with van der Waals surface area (Å²) in [7, 11) is 0. The number of carboxylic acids is 2. The minimum atomic E-state index is -1.62. The lowest BCUT2D eigenvalue weighted by Crippen LogP contribution is -2.60. The van der Waals surface area contributed by atoms with Crippen molar-refractivity contribution in [3.05, 3.63) is 34.4 Å². The molecule has 248 valence electrons. The zero-order chi connectivity index (χ0) is 34.4. The molecule has 0 saturated carbocycles. The smallest absolute Gasteiger partial charge is 0.305 e. The first-order valence-electron chi connectivity index (χ1n) is 14.1. The molecule has 7 N–H and O–H groups in total. The van der Waals surface area contributed by atoms with Crippen LogP contribution in [0.25, 0.3) is 0 Å². The molecule has 17 heteroatoms. The van der Waals surface area contributed by atoms with E-state index in [1.165, 1.54) is 19.1 Å². The van der Waals surface area contributed by atoms with E-state index in [2.05, 4.69) is 26.6 Å². The lowest BCUT2D eigenvalue weighted by molar-refractivity contribution is -0.384. The fourth-order valence-corrected chi connectivity index (χ4v) is 4.05. The fraction of sp³-hybridized carbons (Fsp3) is 0.536. The number of rotatable bonds is 18. The molecule has 1 aromatic rings. The number of anilines is 1. The van der Waals surface area contributed by atoms with E-state index in [1.807, 2.05) is 0 Å². The zero-order valence-corrected chi connectivity index (χ0v) is 25.6. The van der Waals surface area contributed by atoms with Gasteiger partial charge in [-0.3, -0.25) is 43.7 Å². The first-order valence-corrected chi connectivity index (χ1v) is 14.1. The highest BCUT2D eigenvalue weighted by Crippen LogP contribution is 2.16. The second-order valence-electron chi connectivity index (χ2n) is 10.7. The van der Waals surface area contributed by atoms with Crippen LogP contribution in [0.2, 0.25) is 0 Å². The molecule has 0 unspecified atom stereocenters. The van der Waals surface area contributed by atoms with Crippen LogP contribution in [-0.2, 0) is 33.6 Å². The predicted octanol–water partition coefficient (Wildman–Crippen LogP) is 0.534. The highest BCUT2D eigenvalue weighted by Gasteiger charge is 2.34. The maximum absolute atomic E-state index is 13.4. The molecule has 5 amide bonds. The normalized spacial score (nSPS) is 14.1. The van der Waals surface area contributed by atoms with Crippen LogP contribution >= 0.6 is 0 Å². The molecule has 0 bridgehead atoms. The van der Waals surface area contributed by atoms with Gasteiger partial charge in [-0.15, -0.1) is 0 Å². The third kappa shape index (κ3) is 13.0. The van der Waals surface area contributed by atoms with Crippen LogP contribution < -0.4 is 26.6 Å². The summed E-state index contributed by atoms with van der Waals surface area (Å²) in [5.41, 5.74) is -0.152. The van der Waals surface area contributed by atoms with Gasteiger partial charge in [0.1, 0.15) is 24.2 Å². The Hall–Kier alpha value is -5.09. The summed E-state index contributed by atoms with van der Waals surface area (Å²) in [5, 5.41) is 41.5. The molecule has 0 aliphatic heterocycles. The number of non-ortho nitro benzene ring substituents is 1. The summed E-state index contributed by atoms with van der Waals surface area (Å²) >= 11 is 0. The number of hydrogen-bond acceptors (Lipinski definition) is 9. The second-order valence-corrected chi connectivity index (χ2v) is 10.7. The van der Waals surface area contributed by atoms with Crippen molar-refractivity contribution in [2.45, 2.75) is 84.5 Å². The number of nitrogens with zero attached hydrogens (tertiary/aromatic N) is 1. The quantitative estimate of drug-likeness (QED) is 0.0863. The molecule has 5 atom stereocenters. The number of carbonyl (C=O) groups is 7. The van der Waals surface area contributed by atoms with E-state index in [-0.39, 0.29) is 23.7 Å². The summed E-state index contributed by atoms with van der Waals surface area (Å²) in [4.78, 5) is 97.2. The summed E-state index contributed by atoms with van der Waals surface area (Å²) in [6, 6.07) is -0.752. The minimum Gasteiger partial charge on any atom is -0.481 e. The Morgan fingerprint density at radius 3 is 1.80 bits per heavy atom. The van der Waals surface area contributed by atoms with Crippen LogP contribution in [0.15, 0.2) is 24.3 Å². The summed E-state index contributed by atoms with van der Waals surface area (Å²) in [5.74, 6) is -7.69. The molecule has 0 radical (unpaired) electrons. The Morgan fingerprint density at radius 2 is 1.33 bits per heavy atom. The maximum Gasteiger partial charge on any atom is 0.305 e. The van der Waals surface area contributed by atoms with Crippen LogP contribution in [0, 0.1) is 22.0 Å². The van der Waals surface area contributed by atoms with E-state index in [0.29, 0.717) is 6.42 Å². The first-order chi connectivity index (χ1) is 21.0. The largest absolute Gasteiger partial charge is 0.481 e. The number of nitro benzene ring substituents is 1. The SMILES string of the molecule is CC[C@H](C)[C@H](NC(=O)[C@H](CCC(=O)O)NC(=O)[C@@H](NC(C)=O)C(C)C)C(=O)N[C@@H](CC(=O)O)C(=O)Nc1ccc([N+](=O)[O-])cc1. The summed E-state index contributed by atoms with van der Waals surface area (Å²) < 4.78 is 0. The van der Waals surface area contributed by atoms with Gasteiger partial charge < -0.3 is 36.8 Å². The number of aliphatic carboxylic acids is 2. The van der Waals surface area contributed by atoms with Gasteiger partial charge in [-0.05, 0) is 30.4 Å². The monoisotopic (exact) mass is 636 g/mol. The standard InChI is InChI=1S/C28H40N6O11/c1-6-15(4)24(33-25(40)19(11-12-21(36)37)31-27(42)23(14(2)3)29-16(5)35)28(43)32-20(13-22(38)39)26(41)30-17-7-9-18(10-8-17)34(44)45/h7-10,14-15,19-20,23-24H,6,11-13H2,1-5H3,(H,29,35)(H,30,41)(H,31,42)(H,32,43)(H,33,40)(H,36,37)(H,38,39)/t15-,19-,20-,23-,24-/m0/s1. The Morgan fingerprint density at radius 1 is 0.778 bits per heavy atom. The molecule has 0 aliphatic rings. The second kappa shape index (κ2) is 17.9. The Balaban J connectivity index is 3.21. The third-order valence-corrected chi connectivity index (χ3v) is 6.74. The zero-order valence-electron chi connectivity index (χ0n) is 25.6. The molecular weight excluding hydrogens is 596 g/mol. The number of amides is 5. The Bertz CT molecular complexity index is 1270. The number of carboxylic acid groups (broad SMARTS) is 2. The molecule has 45 heavy (non-hydrogen) atoms. The van der Waals surface area contributed by atoms with Crippen LogP contribution in [-0.4, -0.2) is 80.8 Å². The molecule has 17 nitrogen and oxygen atoms in total. The number of carbonyl (C=O) groups excluding carboxylic acids is 5. The first kappa shape index (κ1) is 37.9. The Kier molecular flexibility index (Phi) is 15.1. The van der Waals surface area contributed by atoms with Crippen molar-refractivity contribution in [2.24, 2.45) is 11.8 Å². The number of hydrogen-bond donors (Lipinski definition) is 7. The highest BCUT2D eigenvalue weighted by molar-refractivity contribution is 6.00. The lowest BCUT2D eigenvalue weighted by Gasteiger charge is -2.29. The number of benzene rings is 1. The van der Waals surface area contributed by atoms with Crippen LogP contribution in [0.5, 0.6) is 0 Å². The van der Waals surface area contributed by atoms with Gasteiger partial charge in [-0.25, -0.2) is 0 Å². The van der Waals surface area contributed by atoms with E-state index < -0.39 is 89.3 Å². The molecular formula is C28H40N6O11. The van der Waals surface area contributed by atoms with Gasteiger partial charge in [0.25, 0.3) is 5.69 Å². The van der Waals surface area contributed by atoms with Crippen LogP contribution in [0.4, 0.5) is 11.4 Å². The van der Waals surface area contributed by atoms with Crippen LogP contribution in [0.1, 0.15) is 60.3 Å². The maximum atomic E-state index is 13.4. The topological polar surface area (TPSA) is 263 Å². The summed E-state index contributed by atoms with van der Waals surface area (Å²) in [6.07, 6.45) is -1.38. The third-order valence-electron chi connectivity index (χ3n) is 6.74. The average Bonchev–Trinajstić information content (AvgIpc) is 2.95. The molecule has 0 aromatic heterocycles. The van der Waals surface area contributed by atoms with Gasteiger partial charge in [-0.2, -0.15) is 0 Å². The van der Waals surface area contributed by atoms with Gasteiger partial charge in [0, 0.05) is 31.2 Å². The number of nitro groups is 1. The van der Waals surface area contributed by atoms with Gasteiger partial charge >= 0.3 is 11.9 Å². The predicted molar refractivity (Wildman–Crippen MR) is 159 cm³/mol. The Labute approximate surface area is 259 Å². The molecule has 0 fully saturated rings. The molecule has 1 aromatic carbocycles. The molecule has 1 rings (SSSR count). The average molecular weight is 637 g/mol. The molecule has 0 saturated heterocycles. The number of nitrogens with one attached hydrogen (secondary N) is 5. The van der Waals surface area contributed by atoms with E-state index in [0.717, 1.165) is 12.1 Å².